The zero-order valence-electron chi connectivity index (χ0n) is 8.66. The molecular weight excluding hydrogens is 216 g/mol. The Morgan fingerprint density at radius 3 is 3.00 bits per heavy atom. The lowest BCUT2D eigenvalue weighted by molar-refractivity contribution is 0.742. The topological polar surface area (TPSA) is 75.0 Å². The molecule has 0 aromatic carbocycles. The molecule has 1 aromatic heterocycles. The van der Waals surface area contributed by atoms with Gasteiger partial charge in [0, 0.05) is 13.1 Å². The normalized spacial score (nSPS) is 10.3. The quantitative estimate of drug-likeness (QED) is 0.777. The molecule has 1 aromatic rings. The SMILES string of the molecule is CCN(CCCN)c1nc[nH]c(=O)c1Cl. The largest absolute Gasteiger partial charge is 0.355 e. The van der Waals surface area contributed by atoms with Gasteiger partial charge in [0.1, 0.15) is 5.02 Å². The molecule has 1 heterocycles. The summed E-state index contributed by atoms with van der Waals surface area (Å²) in [6, 6.07) is 0. The van der Waals surface area contributed by atoms with Crippen molar-refractivity contribution in [3.05, 3.63) is 21.7 Å². The molecule has 0 unspecified atom stereocenters. The summed E-state index contributed by atoms with van der Waals surface area (Å²) in [4.78, 5) is 19.7. The maximum Gasteiger partial charge on any atom is 0.271 e. The molecule has 84 valence electrons. The van der Waals surface area contributed by atoms with E-state index in [1.54, 1.807) is 0 Å². The first-order valence-corrected chi connectivity index (χ1v) is 5.26. The van der Waals surface area contributed by atoms with Crippen LogP contribution in [0.25, 0.3) is 0 Å². The van der Waals surface area contributed by atoms with Crippen LogP contribution in [-0.2, 0) is 0 Å². The molecule has 0 atom stereocenters. The van der Waals surface area contributed by atoms with E-state index in [1.807, 2.05) is 11.8 Å². The van der Waals surface area contributed by atoms with Crippen molar-refractivity contribution in [2.45, 2.75) is 13.3 Å². The molecule has 1 rings (SSSR count). The van der Waals surface area contributed by atoms with Gasteiger partial charge in [-0.3, -0.25) is 4.79 Å². The van der Waals surface area contributed by atoms with Crippen molar-refractivity contribution in [1.82, 2.24) is 9.97 Å². The van der Waals surface area contributed by atoms with Crippen LogP contribution in [0.2, 0.25) is 5.02 Å². The molecule has 5 nitrogen and oxygen atoms in total. The van der Waals surface area contributed by atoms with Crippen LogP contribution >= 0.6 is 11.6 Å². The third kappa shape index (κ3) is 2.94. The van der Waals surface area contributed by atoms with Crippen LogP contribution < -0.4 is 16.2 Å². The molecule has 0 saturated heterocycles. The number of rotatable bonds is 5. The summed E-state index contributed by atoms with van der Waals surface area (Å²) in [5, 5.41) is 0.136. The number of nitrogens with zero attached hydrogens (tertiary/aromatic N) is 2. The maximum atomic E-state index is 11.3. The Labute approximate surface area is 93.3 Å². The molecule has 0 bridgehead atoms. The summed E-state index contributed by atoms with van der Waals surface area (Å²) in [6.07, 6.45) is 2.20. The predicted molar refractivity (Wildman–Crippen MR) is 61.4 cm³/mol. The first kappa shape index (κ1) is 12.0. The van der Waals surface area contributed by atoms with Crippen LogP contribution in [0, 0.1) is 0 Å². The first-order chi connectivity index (χ1) is 7.20. The van der Waals surface area contributed by atoms with Crippen molar-refractivity contribution in [2.24, 2.45) is 5.73 Å². The summed E-state index contributed by atoms with van der Waals surface area (Å²) in [6.45, 7) is 4.09. The minimum absolute atomic E-state index is 0.136. The van der Waals surface area contributed by atoms with Crippen molar-refractivity contribution in [1.29, 1.82) is 0 Å². The van der Waals surface area contributed by atoms with Gasteiger partial charge in [0.2, 0.25) is 0 Å². The minimum Gasteiger partial charge on any atom is -0.355 e. The lowest BCUT2D eigenvalue weighted by Gasteiger charge is -2.21. The molecule has 6 heteroatoms. The maximum absolute atomic E-state index is 11.3. The molecular formula is C9H15ClN4O. The molecule has 0 radical (unpaired) electrons. The summed E-state index contributed by atoms with van der Waals surface area (Å²) in [5.74, 6) is 0.524. The smallest absolute Gasteiger partial charge is 0.271 e. The second kappa shape index (κ2) is 5.72. The van der Waals surface area contributed by atoms with Crippen molar-refractivity contribution in [2.75, 3.05) is 24.5 Å². The highest BCUT2D eigenvalue weighted by molar-refractivity contribution is 6.32. The number of hydrogen-bond donors (Lipinski definition) is 2. The third-order valence-electron chi connectivity index (χ3n) is 2.09. The fourth-order valence-electron chi connectivity index (χ4n) is 1.29. The minimum atomic E-state index is -0.312. The van der Waals surface area contributed by atoms with Gasteiger partial charge in [0.05, 0.1) is 6.33 Å². The van der Waals surface area contributed by atoms with E-state index < -0.39 is 0 Å². The summed E-state index contributed by atoms with van der Waals surface area (Å²) in [5.41, 5.74) is 5.12. The monoisotopic (exact) mass is 230 g/mol. The fourth-order valence-corrected chi connectivity index (χ4v) is 1.51. The average Bonchev–Trinajstić information content (AvgIpc) is 2.25. The molecule has 0 spiro atoms. The predicted octanol–water partition coefficient (Wildman–Crippen LogP) is 0.598. The van der Waals surface area contributed by atoms with E-state index >= 15 is 0 Å². The summed E-state index contributed by atoms with van der Waals surface area (Å²) < 4.78 is 0. The van der Waals surface area contributed by atoms with E-state index in [9.17, 15) is 4.79 Å². The van der Waals surface area contributed by atoms with Crippen LogP contribution in [0.1, 0.15) is 13.3 Å². The molecule has 15 heavy (non-hydrogen) atoms. The number of aromatic amines is 1. The zero-order valence-corrected chi connectivity index (χ0v) is 9.42. The number of H-pyrrole nitrogens is 1. The number of halogens is 1. The van der Waals surface area contributed by atoms with E-state index in [-0.39, 0.29) is 10.6 Å². The lowest BCUT2D eigenvalue weighted by atomic mass is 10.3. The van der Waals surface area contributed by atoms with E-state index in [0.29, 0.717) is 12.4 Å². The van der Waals surface area contributed by atoms with Gasteiger partial charge < -0.3 is 15.6 Å². The molecule has 0 aliphatic rings. The Morgan fingerprint density at radius 2 is 2.40 bits per heavy atom. The van der Waals surface area contributed by atoms with Gasteiger partial charge in [-0.25, -0.2) is 4.98 Å². The number of aromatic nitrogens is 2. The van der Waals surface area contributed by atoms with Gasteiger partial charge in [-0.1, -0.05) is 11.6 Å². The van der Waals surface area contributed by atoms with Crippen molar-refractivity contribution in [3.8, 4) is 0 Å². The molecule has 0 aliphatic carbocycles. The number of hydrogen-bond acceptors (Lipinski definition) is 4. The Bertz CT molecular complexity index is 365. The Balaban J connectivity index is 2.91. The van der Waals surface area contributed by atoms with E-state index in [0.717, 1.165) is 19.5 Å². The van der Waals surface area contributed by atoms with E-state index in [1.165, 1.54) is 6.33 Å². The summed E-state index contributed by atoms with van der Waals surface area (Å²) in [7, 11) is 0. The van der Waals surface area contributed by atoms with Crippen LogP contribution in [0.4, 0.5) is 5.82 Å². The molecule has 0 aliphatic heterocycles. The van der Waals surface area contributed by atoms with Crippen LogP contribution in [0.5, 0.6) is 0 Å². The third-order valence-corrected chi connectivity index (χ3v) is 2.43. The number of anilines is 1. The first-order valence-electron chi connectivity index (χ1n) is 4.89. The summed E-state index contributed by atoms with van der Waals surface area (Å²) >= 11 is 5.87. The van der Waals surface area contributed by atoms with E-state index in [4.69, 9.17) is 17.3 Å². The zero-order chi connectivity index (χ0) is 11.3. The Morgan fingerprint density at radius 1 is 1.67 bits per heavy atom. The van der Waals surface area contributed by atoms with Gasteiger partial charge in [-0.15, -0.1) is 0 Å². The Kier molecular flexibility index (Phi) is 4.58. The Hall–Kier alpha value is -1.07. The van der Waals surface area contributed by atoms with Crippen LogP contribution in [0.3, 0.4) is 0 Å². The molecule has 0 amide bonds. The van der Waals surface area contributed by atoms with Gasteiger partial charge in [0.15, 0.2) is 5.82 Å². The fraction of sp³-hybridized carbons (Fsp3) is 0.556. The van der Waals surface area contributed by atoms with Crippen molar-refractivity contribution in [3.63, 3.8) is 0 Å². The highest BCUT2D eigenvalue weighted by Gasteiger charge is 2.11. The van der Waals surface area contributed by atoms with Crippen molar-refractivity contribution >= 4 is 17.4 Å². The lowest BCUT2D eigenvalue weighted by Crippen LogP contribution is -2.28. The molecule has 3 N–H and O–H groups in total. The highest BCUT2D eigenvalue weighted by Crippen LogP contribution is 2.17. The molecule has 0 fully saturated rings. The number of nitrogens with one attached hydrogen (secondary N) is 1. The van der Waals surface area contributed by atoms with Gasteiger partial charge in [0.25, 0.3) is 5.56 Å². The van der Waals surface area contributed by atoms with Crippen molar-refractivity contribution < 1.29 is 0 Å². The van der Waals surface area contributed by atoms with Gasteiger partial charge in [-0.2, -0.15) is 0 Å². The van der Waals surface area contributed by atoms with Gasteiger partial charge in [-0.05, 0) is 19.9 Å². The van der Waals surface area contributed by atoms with Crippen LogP contribution in [-0.4, -0.2) is 29.6 Å². The highest BCUT2D eigenvalue weighted by atomic mass is 35.5. The number of nitrogens with two attached hydrogens (primary N) is 1. The molecule has 0 saturated carbocycles. The van der Waals surface area contributed by atoms with Crippen LogP contribution in [0.15, 0.2) is 11.1 Å². The second-order valence-corrected chi connectivity index (χ2v) is 3.47. The van der Waals surface area contributed by atoms with Gasteiger partial charge >= 0.3 is 0 Å². The average molecular weight is 231 g/mol. The second-order valence-electron chi connectivity index (χ2n) is 3.09. The van der Waals surface area contributed by atoms with E-state index in [2.05, 4.69) is 9.97 Å². The standard InChI is InChI=1S/C9H15ClN4O/c1-2-14(5-3-4-11)8-7(10)9(15)13-6-12-8/h6H,2-5,11H2,1H3,(H,12,13,15).